The van der Waals surface area contributed by atoms with Crippen molar-refractivity contribution in [1.29, 1.82) is 0 Å². The predicted molar refractivity (Wildman–Crippen MR) is 80.5 cm³/mol. The van der Waals surface area contributed by atoms with E-state index in [0.29, 0.717) is 31.7 Å². The maximum atomic E-state index is 12.6. The van der Waals surface area contributed by atoms with Gasteiger partial charge in [-0.3, -0.25) is 19.7 Å². The number of rotatable bonds is 5. The van der Waals surface area contributed by atoms with E-state index in [-0.39, 0.29) is 17.8 Å². The fourth-order valence-corrected chi connectivity index (χ4v) is 2.64. The number of benzene rings is 1. The Morgan fingerprint density at radius 2 is 2.22 bits per heavy atom. The lowest BCUT2D eigenvalue weighted by atomic mass is 9.97. The Balaban J connectivity index is 2.31. The van der Waals surface area contributed by atoms with Crippen LogP contribution in [0.25, 0.3) is 0 Å². The number of likely N-dealkylation sites (tertiary alicyclic amines) is 1. The number of carbonyl (C=O) groups excluding carboxylic acids is 1. The molecule has 1 aromatic carbocycles. The number of nitrogens with zero attached hydrogens (tertiary/aromatic N) is 2. The molecule has 0 spiro atoms. The number of carboxylic acid groups (broad SMARTS) is 1. The fourth-order valence-electron chi connectivity index (χ4n) is 2.64. The van der Waals surface area contributed by atoms with Gasteiger partial charge in [-0.05, 0) is 31.9 Å². The summed E-state index contributed by atoms with van der Waals surface area (Å²) in [7, 11) is 0. The Kier molecular flexibility index (Phi) is 5.15. The summed E-state index contributed by atoms with van der Waals surface area (Å²) in [6.45, 7) is 2.59. The van der Waals surface area contributed by atoms with Crippen molar-refractivity contribution in [3.8, 4) is 5.75 Å². The molecule has 2 rings (SSSR count). The van der Waals surface area contributed by atoms with Crippen LogP contribution in [0.3, 0.4) is 0 Å². The maximum Gasteiger partial charge on any atom is 0.308 e. The van der Waals surface area contributed by atoms with Crippen LogP contribution in [0.4, 0.5) is 5.69 Å². The molecule has 1 heterocycles. The lowest BCUT2D eigenvalue weighted by Gasteiger charge is -2.30. The van der Waals surface area contributed by atoms with Crippen LogP contribution in [-0.4, -0.2) is 46.5 Å². The number of nitro groups is 1. The van der Waals surface area contributed by atoms with E-state index in [1.165, 1.54) is 23.1 Å². The highest BCUT2D eigenvalue weighted by atomic mass is 16.6. The number of carbonyl (C=O) groups is 2. The molecule has 23 heavy (non-hydrogen) atoms. The topological polar surface area (TPSA) is 110 Å². The normalized spacial score (nSPS) is 17.6. The van der Waals surface area contributed by atoms with Crippen molar-refractivity contribution in [1.82, 2.24) is 4.90 Å². The van der Waals surface area contributed by atoms with Gasteiger partial charge >= 0.3 is 5.97 Å². The molecular weight excluding hydrogens is 304 g/mol. The number of amides is 1. The van der Waals surface area contributed by atoms with E-state index < -0.39 is 22.7 Å². The molecule has 124 valence electrons. The van der Waals surface area contributed by atoms with Crippen LogP contribution in [0.2, 0.25) is 0 Å². The quantitative estimate of drug-likeness (QED) is 0.655. The van der Waals surface area contributed by atoms with E-state index in [0.717, 1.165) is 0 Å². The summed E-state index contributed by atoms with van der Waals surface area (Å²) in [5, 5.41) is 20.2. The molecule has 1 N–H and O–H groups in total. The Hall–Kier alpha value is -2.64. The second-order valence-electron chi connectivity index (χ2n) is 5.30. The SMILES string of the molecule is CCOc1ccc([N+](=O)[O-])c(C(=O)N2CCC[C@H](C(=O)O)C2)c1. The number of ether oxygens (including phenoxy) is 1. The summed E-state index contributed by atoms with van der Waals surface area (Å²) in [5.41, 5.74) is -0.386. The van der Waals surface area contributed by atoms with Crippen molar-refractivity contribution >= 4 is 17.6 Å². The molecule has 0 aromatic heterocycles. The van der Waals surface area contributed by atoms with Crippen molar-refractivity contribution in [3.63, 3.8) is 0 Å². The molecule has 1 aliphatic rings. The van der Waals surface area contributed by atoms with Crippen LogP contribution < -0.4 is 4.74 Å². The molecule has 0 saturated carbocycles. The van der Waals surface area contributed by atoms with Gasteiger partial charge in [0, 0.05) is 19.2 Å². The van der Waals surface area contributed by atoms with Gasteiger partial charge in [0.15, 0.2) is 0 Å². The van der Waals surface area contributed by atoms with Crippen LogP contribution in [0.5, 0.6) is 5.75 Å². The second kappa shape index (κ2) is 7.08. The molecule has 1 amide bonds. The minimum absolute atomic E-state index is 0.0597. The number of nitro benzene ring substituents is 1. The van der Waals surface area contributed by atoms with E-state index in [4.69, 9.17) is 9.84 Å². The maximum absolute atomic E-state index is 12.6. The van der Waals surface area contributed by atoms with Crippen molar-refractivity contribution in [2.45, 2.75) is 19.8 Å². The van der Waals surface area contributed by atoms with E-state index in [9.17, 15) is 19.7 Å². The third-order valence-electron chi connectivity index (χ3n) is 3.76. The molecule has 0 unspecified atom stereocenters. The van der Waals surface area contributed by atoms with E-state index in [2.05, 4.69) is 0 Å². The van der Waals surface area contributed by atoms with Gasteiger partial charge in [0.05, 0.1) is 17.4 Å². The zero-order valence-electron chi connectivity index (χ0n) is 12.7. The molecule has 8 heteroatoms. The van der Waals surface area contributed by atoms with Crippen LogP contribution in [-0.2, 0) is 4.79 Å². The fraction of sp³-hybridized carbons (Fsp3) is 0.467. The number of hydrogen-bond donors (Lipinski definition) is 1. The largest absolute Gasteiger partial charge is 0.494 e. The zero-order chi connectivity index (χ0) is 17.0. The number of hydrogen-bond acceptors (Lipinski definition) is 5. The minimum atomic E-state index is -0.958. The lowest BCUT2D eigenvalue weighted by molar-refractivity contribution is -0.385. The molecule has 1 aromatic rings. The van der Waals surface area contributed by atoms with Gasteiger partial charge in [-0.15, -0.1) is 0 Å². The summed E-state index contributed by atoms with van der Waals surface area (Å²) < 4.78 is 5.29. The van der Waals surface area contributed by atoms with E-state index >= 15 is 0 Å². The number of piperidine rings is 1. The summed E-state index contributed by atoms with van der Waals surface area (Å²) >= 11 is 0. The van der Waals surface area contributed by atoms with Gasteiger partial charge in [0.1, 0.15) is 11.3 Å². The Morgan fingerprint density at radius 3 is 2.83 bits per heavy atom. The second-order valence-corrected chi connectivity index (χ2v) is 5.30. The number of carboxylic acids is 1. The molecular formula is C15H18N2O6. The summed E-state index contributed by atoms with van der Waals surface area (Å²) in [4.78, 5) is 35.6. The Labute approximate surface area is 132 Å². The first kappa shape index (κ1) is 16.7. The van der Waals surface area contributed by atoms with Crippen LogP contribution in [0.15, 0.2) is 18.2 Å². The van der Waals surface area contributed by atoms with Crippen LogP contribution in [0.1, 0.15) is 30.1 Å². The molecule has 0 aliphatic carbocycles. The lowest BCUT2D eigenvalue weighted by Crippen LogP contribution is -2.42. The van der Waals surface area contributed by atoms with Crippen molar-refractivity contribution in [3.05, 3.63) is 33.9 Å². The molecule has 0 radical (unpaired) electrons. The Morgan fingerprint density at radius 1 is 1.48 bits per heavy atom. The Bertz CT molecular complexity index is 630. The van der Waals surface area contributed by atoms with Gasteiger partial charge < -0.3 is 14.7 Å². The molecule has 1 atom stereocenters. The van der Waals surface area contributed by atoms with E-state index in [1.54, 1.807) is 6.92 Å². The summed E-state index contributed by atoms with van der Waals surface area (Å²) in [5.74, 6) is -1.76. The monoisotopic (exact) mass is 322 g/mol. The molecule has 8 nitrogen and oxygen atoms in total. The zero-order valence-corrected chi connectivity index (χ0v) is 12.7. The highest BCUT2D eigenvalue weighted by Crippen LogP contribution is 2.27. The van der Waals surface area contributed by atoms with Crippen molar-refractivity contribution < 1.29 is 24.4 Å². The minimum Gasteiger partial charge on any atom is -0.494 e. The standard InChI is InChI=1S/C15H18N2O6/c1-2-23-11-5-6-13(17(21)22)12(8-11)14(18)16-7-3-4-10(9-16)15(19)20/h5-6,8,10H,2-4,7,9H2,1H3,(H,19,20)/t10-/m0/s1. The van der Waals surface area contributed by atoms with E-state index in [1.807, 2.05) is 0 Å². The van der Waals surface area contributed by atoms with Gasteiger partial charge in [0.25, 0.3) is 11.6 Å². The third-order valence-corrected chi connectivity index (χ3v) is 3.76. The van der Waals surface area contributed by atoms with Gasteiger partial charge in [-0.2, -0.15) is 0 Å². The first-order chi connectivity index (χ1) is 10.9. The first-order valence-corrected chi connectivity index (χ1v) is 7.37. The molecule has 0 bridgehead atoms. The van der Waals surface area contributed by atoms with Gasteiger partial charge in [-0.25, -0.2) is 0 Å². The first-order valence-electron chi connectivity index (χ1n) is 7.37. The average Bonchev–Trinajstić information content (AvgIpc) is 2.54. The number of aliphatic carboxylic acids is 1. The summed E-state index contributed by atoms with van der Waals surface area (Å²) in [6.07, 6.45) is 1.06. The van der Waals surface area contributed by atoms with Gasteiger partial charge in [0.2, 0.25) is 0 Å². The van der Waals surface area contributed by atoms with Crippen LogP contribution >= 0.6 is 0 Å². The van der Waals surface area contributed by atoms with Crippen molar-refractivity contribution in [2.24, 2.45) is 5.92 Å². The highest BCUT2D eigenvalue weighted by Gasteiger charge is 2.31. The third kappa shape index (κ3) is 3.77. The molecule has 1 fully saturated rings. The molecule has 1 saturated heterocycles. The van der Waals surface area contributed by atoms with Crippen LogP contribution in [0, 0.1) is 16.0 Å². The molecule has 1 aliphatic heterocycles. The van der Waals surface area contributed by atoms with Gasteiger partial charge in [-0.1, -0.05) is 0 Å². The summed E-state index contributed by atoms with van der Waals surface area (Å²) in [6, 6.07) is 4.01. The van der Waals surface area contributed by atoms with Crippen molar-refractivity contribution in [2.75, 3.05) is 19.7 Å². The predicted octanol–water partition coefficient (Wildman–Crippen LogP) is 1.93. The highest BCUT2D eigenvalue weighted by molar-refractivity contribution is 5.98. The average molecular weight is 322 g/mol. The smallest absolute Gasteiger partial charge is 0.308 e.